The third kappa shape index (κ3) is 3.16. The predicted octanol–water partition coefficient (Wildman–Crippen LogP) is 2.32. The molecule has 0 radical (unpaired) electrons. The van der Waals surface area contributed by atoms with Gasteiger partial charge in [0.15, 0.2) is 0 Å². The van der Waals surface area contributed by atoms with E-state index in [1.807, 2.05) is 42.5 Å². The first kappa shape index (κ1) is 14.3. The lowest BCUT2D eigenvalue weighted by Crippen LogP contribution is -2.01. The van der Waals surface area contributed by atoms with E-state index in [-0.39, 0.29) is 0 Å². The normalized spacial score (nSPS) is 10.8. The van der Waals surface area contributed by atoms with Crippen molar-refractivity contribution in [3.63, 3.8) is 0 Å². The van der Waals surface area contributed by atoms with Crippen molar-refractivity contribution in [1.82, 2.24) is 24.3 Å². The van der Waals surface area contributed by atoms with Gasteiger partial charge in [-0.1, -0.05) is 0 Å². The van der Waals surface area contributed by atoms with Crippen LogP contribution in [0.2, 0.25) is 0 Å². The minimum absolute atomic E-state index is 0.599. The summed E-state index contributed by atoms with van der Waals surface area (Å²) in [4.78, 5) is 8.59. The van der Waals surface area contributed by atoms with Crippen molar-refractivity contribution < 1.29 is 4.74 Å². The molecule has 0 aliphatic rings. The molecule has 0 unspecified atom stereocenters. The number of methoxy groups -OCH3 is 1. The Hall–Kier alpha value is -2.63. The van der Waals surface area contributed by atoms with Crippen LogP contribution in [-0.4, -0.2) is 31.4 Å². The van der Waals surface area contributed by atoms with Gasteiger partial charge < -0.3 is 9.30 Å². The Morgan fingerprint density at radius 2 is 2.14 bits per heavy atom. The Morgan fingerprint density at radius 3 is 2.91 bits per heavy atom. The van der Waals surface area contributed by atoms with Crippen molar-refractivity contribution in [2.24, 2.45) is 7.05 Å². The minimum Gasteiger partial charge on any atom is -0.481 e. The molecule has 0 aromatic carbocycles. The van der Waals surface area contributed by atoms with Crippen LogP contribution in [0.25, 0.3) is 11.4 Å². The summed E-state index contributed by atoms with van der Waals surface area (Å²) in [6, 6.07) is 3.85. The molecule has 0 N–H and O–H groups in total. The molecule has 3 rings (SSSR count). The van der Waals surface area contributed by atoms with E-state index in [1.54, 1.807) is 13.3 Å². The highest BCUT2D eigenvalue weighted by Gasteiger charge is 2.07. The molecule has 3 aromatic heterocycles. The van der Waals surface area contributed by atoms with Crippen LogP contribution in [0.4, 0.5) is 0 Å². The fourth-order valence-corrected chi connectivity index (χ4v) is 2.46. The van der Waals surface area contributed by atoms with Crippen molar-refractivity contribution in [2.75, 3.05) is 7.11 Å². The summed E-state index contributed by atoms with van der Waals surface area (Å²) in [6.45, 7) is 0.912. The van der Waals surface area contributed by atoms with E-state index >= 15 is 0 Å². The molecular weight excluding hydrogens is 278 g/mol. The summed E-state index contributed by atoms with van der Waals surface area (Å²) in [7, 11) is 3.56. The lowest BCUT2D eigenvalue weighted by atomic mass is 10.2. The van der Waals surface area contributed by atoms with Gasteiger partial charge in [-0.15, -0.1) is 0 Å². The topological polar surface area (TPSA) is 57.8 Å². The zero-order valence-corrected chi connectivity index (χ0v) is 12.8. The molecule has 0 saturated heterocycles. The maximum absolute atomic E-state index is 5.18. The molecule has 0 bridgehead atoms. The van der Waals surface area contributed by atoms with Crippen LogP contribution in [0, 0.1) is 0 Å². The van der Waals surface area contributed by atoms with Gasteiger partial charge in [0.25, 0.3) is 0 Å². The molecule has 114 valence electrons. The van der Waals surface area contributed by atoms with E-state index in [4.69, 9.17) is 4.74 Å². The predicted molar refractivity (Wildman–Crippen MR) is 83.5 cm³/mol. The fourth-order valence-electron chi connectivity index (χ4n) is 2.46. The molecule has 3 aromatic rings. The Labute approximate surface area is 129 Å². The second-order valence-electron chi connectivity index (χ2n) is 5.16. The van der Waals surface area contributed by atoms with Gasteiger partial charge in [-0.05, 0) is 24.5 Å². The summed E-state index contributed by atoms with van der Waals surface area (Å²) in [5.74, 6) is 1.54. The highest BCUT2D eigenvalue weighted by molar-refractivity contribution is 5.56. The van der Waals surface area contributed by atoms with E-state index in [0.717, 1.165) is 30.8 Å². The molecule has 0 aliphatic carbocycles. The van der Waals surface area contributed by atoms with Crippen molar-refractivity contribution in [2.45, 2.75) is 19.4 Å². The van der Waals surface area contributed by atoms with E-state index in [1.165, 1.54) is 5.56 Å². The average Bonchev–Trinajstić information content (AvgIpc) is 3.16. The number of ether oxygens (including phenoxy) is 1. The highest BCUT2D eigenvalue weighted by Crippen LogP contribution is 2.21. The Morgan fingerprint density at radius 1 is 1.23 bits per heavy atom. The summed E-state index contributed by atoms with van der Waals surface area (Å²) in [5.41, 5.74) is 2.27. The van der Waals surface area contributed by atoms with Gasteiger partial charge in [0.05, 0.1) is 13.3 Å². The van der Waals surface area contributed by atoms with Gasteiger partial charge in [0.2, 0.25) is 5.88 Å². The zero-order valence-electron chi connectivity index (χ0n) is 12.8. The molecule has 22 heavy (non-hydrogen) atoms. The maximum atomic E-state index is 5.18. The maximum Gasteiger partial charge on any atom is 0.213 e. The van der Waals surface area contributed by atoms with Gasteiger partial charge >= 0.3 is 0 Å². The molecule has 0 aliphatic heterocycles. The molecule has 0 amide bonds. The van der Waals surface area contributed by atoms with Crippen LogP contribution in [-0.2, 0) is 20.0 Å². The number of hydrogen-bond donors (Lipinski definition) is 0. The fraction of sp³-hybridized carbons (Fsp3) is 0.312. The van der Waals surface area contributed by atoms with E-state index in [2.05, 4.69) is 25.8 Å². The van der Waals surface area contributed by atoms with Crippen molar-refractivity contribution in [3.05, 3.63) is 48.7 Å². The number of aryl methyl sites for hydroxylation is 3. The molecule has 0 fully saturated rings. The largest absolute Gasteiger partial charge is 0.481 e. The van der Waals surface area contributed by atoms with E-state index in [0.29, 0.717) is 5.88 Å². The van der Waals surface area contributed by atoms with Gasteiger partial charge in [0, 0.05) is 50.0 Å². The lowest BCUT2D eigenvalue weighted by Gasteiger charge is -2.08. The lowest BCUT2D eigenvalue weighted by molar-refractivity contribution is 0.398. The van der Waals surface area contributed by atoms with Gasteiger partial charge in [-0.3, -0.25) is 4.68 Å². The van der Waals surface area contributed by atoms with E-state index in [9.17, 15) is 0 Å². The minimum atomic E-state index is 0.599. The first-order valence-electron chi connectivity index (χ1n) is 7.25. The monoisotopic (exact) mass is 297 g/mol. The van der Waals surface area contributed by atoms with Crippen LogP contribution in [0.3, 0.4) is 0 Å². The molecule has 6 heteroatoms. The molecule has 6 nitrogen and oxygen atoms in total. The van der Waals surface area contributed by atoms with Crippen molar-refractivity contribution >= 4 is 0 Å². The molecule has 3 heterocycles. The first-order chi connectivity index (χ1) is 10.8. The van der Waals surface area contributed by atoms with Crippen molar-refractivity contribution in [3.8, 4) is 17.3 Å². The smallest absolute Gasteiger partial charge is 0.213 e. The first-order valence-corrected chi connectivity index (χ1v) is 7.25. The van der Waals surface area contributed by atoms with E-state index < -0.39 is 0 Å². The Bertz CT molecular complexity index is 746. The number of pyridine rings is 1. The Balaban J connectivity index is 1.69. The second-order valence-corrected chi connectivity index (χ2v) is 5.16. The quantitative estimate of drug-likeness (QED) is 0.700. The number of hydrogen-bond acceptors (Lipinski definition) is 4. The van der Waals surface area contributed by atoms with Crippen LogP contribution in [0.15, 0.2) is 43.1 Å². The highest BCUT2D eigenvalue weighted by atomic mass is 16.5. The summed E-state index contributed by atoms with van der Waals surface area (Å²) in [6.07, 6.45) is 11.6. The molecule has 0 atom stereocenters. The summed E-state index contributed by atoms with van der Waals surface area (Å²) in [5, 5.41) is 4.19. The molecular formula is C16H19N5O. The number of aromatic nitrogens is 5. The van der Waals surface area contributed by atoms with Crippen LogP contribution in [0.1, 0.15) is 12.0 Å². The molecule has 0 saturated carbocycles. The van der Waals surface area contributed by atoms with Crippen LogP contribution in [0.5, 0.6) is 5.88 Å². The van der Waals surface area contributed by atoms with Crippen molar-refractivity contribution in [1.29, 1.82) is 0 Å². The Kier molecular flexibility index (Phi) is 4.18. The van der Waals surface area contributed by atoms with Crippen LogP contribution >= 0.6 is 0 Å². The van der Waals surface area contributed by atoms with Gasteiger partial charge in [-0.2, -0.15) is 5.10 Å². The zero-order chi connectivity index (χ0) is 15.4. The van der Waals surface area contributed by atoms with Gasteiger partial charge in [0.1, 0.15) is 5.82 Å². The average molecular weight is 297 g/mol. The molecule has 0 spiro atoms. The summed E-state index contributed by atoms with van der Waals surface area (Å²) >= 11 is 0. The SMILES string of the molecule is COc1cc(-c2nccn2CCCc2cnn(C)c2)ccn1. The third-order valence-corrected chi connectivity index (χ3v) is 3.54. The number of imidazole rings is 1. The number of rotatable bonds is 6. The standard InChI is InChI=1S/C16H19N5O/c1-20-12-13(11-19-20)4-3-8-21-9-7-18-16(21)14-5-6-17-15(10-14)22-2/h5-7,9-12H,3-4,8H2,1-2H3. The summed E-state index contributed by atoms with van der Waals surface area (Å²) < 4.78 is 9.17. The third-order valence-electron chi connectivity index (χ3n) is 3.54. The van der Waals surface area contributed by atoms with Gasteiger partial charge in [-0.25, -0.2) is 9.97 Å². The van der Waals surface area contributed by atoms with Crippen LogP contribution < -0.4 is 4.74 Å². The number of nitrogens with zero attached hydrogens (tertiary/aromatic N) is 5. The second kappa shape index (κ2) is 6.43.